The van der Waals surface area contributed by atoms with Crippen molar-refractivity contribution in [3.05, 3.63) is 11.9 Å². The lowest BCUT2D eigenvalue weighted by Crippen LogP contribution is -2.42. The Kier molecular flexibility index (Phi) is 6.44. The summed E-state index contributed by atoms with van der Waals surface area (Å²) in [5.74, 6) is -1.14. The Balaban J connectivity index is 2.38. The van der Waals surface area contributed by atoms with E-state index in [4.69, 9.17) is 10.2 Å². The second kappa shape index (κ2) is 8.10. The van der Waals surface area contributed by atoms with Gasteiger partial charge in [-0.3, -0.25) is 0 Å². The summed E-state index contributed by atoms with van der Waals surface area (Å²) in [6.45, 7) is 3.34. The zero-order chi connectivity index (χ0) is 15.0. The van der Waals surface area contributed by atoms with Gasteiger partial charge in [-0.2, -0.15) is 0 Å². The van der Waals surface area contributed by atoms with Crippen molar-refractivity contribution in [3.63, 3.8) is 0 Å². The molecule has 0 aliphatic carbocycles. The summed E-state index contributed by atoms with van der Waals surface area (Å²) >= 11 is 0. The Labute approximate surface area is 116 Å². The highest BCUT2D eigenvalue weighted by molar-refractivity contribution is 5.84. The molecule has 1 aromatic rings. The predicted octanol–water partition coefficient (Wildman–Crippen LogP) is -0.610. The molecule has 1 rings (SSSR count). The van der Waals surface area contributed by atoms with Crippen LogP contribution in [0, 0.1) is 0 Å². The lowest BCUT2D eigenvalue weighted by molar-refractivity contribution is 0.0690. The smallest absolute Gasteiger partial charge is 0.358 e. The maximum Gasteiger partial charge on any atom is 0.358 e. The van der Waals surface area contributed by atoms with Crippen LogP contribution in [0.1, 0.15) is 23.8 Å². The first kappa shape index (κ1) is 15.9. The summed E-state index contributed by atoms with van der Waals surface area (Å²) in [6, 6.07) is -0.264. The quantitative estimate of drug-likeness (QED) is 0.586. The van der Waals surface area contributed by atoms with Gasteiger partial charge in [-0.15, -0.1) is 5.10 Å². The molecule has 3 N–H and O–H groups in total. The first-order valence-corrected chi connectivity index (χ1v) is 6.35. The monoisotopic (exact) mass is 285 g/mol. The summed E-state index contributed by atoms with van der Waals surface area (Å²) in [6.07, 6.45) is 2.10. The van der Waals surface area contributed by atoms with Crippen LogP contribution < -0.4 is 5.32 Å². The van der Waals surface area contributed by atoms with E-state index in [1.54, 1.807) is 0 Å². The molecule has 0 radical (unpaired) electrons. The molecule has 0 aliphatic rings. The average molecular weight is 285 g/mol. The molecule has 0 unspecified atom stereocenters. The fourth-order valence-corrected chi connectivity index (χ4v) is 1.60. The van der Waals surface area contributed by atoms with E-state index < -0.39 is 5.97 Å². The van der Waals surface area contributed by atoms with Crippen LogP contribution in [0.3, 0.4) is 0 Å². The number of aliphatic hydroxyl groups is 1. The summed E-state index contributed by atoms with van der Waals surface area (Å²) in [5, 5.41) is 27.3. The van der Waals surface area contributed by atoms with Crippen LogP contribution in [0.4, 0.5) is 4.79 Å². The van der Waals surface area contributed by atoms with Gasteiger partial charge in [-0.05, 0) is 6.42 Å². The number of carboxylic acid groups (broad SMARTS) is 1. The lowest BCUT2D eigenvalue weighted by atomic mass is 10.4. The summed E-state index contributed by atoms with van der Waals surface area (Å²) in [4.78, 5) is 23.9. The molecular formula is C11H19N5O4. The number of nitrogens with zero attached hydrogens (tertiary/aromatic N) is 4. The number of rotatable bonds is 8. The molecule has 20 heavy (non-hydrogen) atoms. The SMILES string of the molecule is CCCN(CCO)C(=O)NCCn1cc(C(=O)O)nn1. The Morgan fingerprint density at radius 2 is 2.20 bits per heavy atom. The number of nitrogens with one attached hydrogen (secondary N) is 1. The Morgan fingerprint density at radius 3 is 2.75 bits per heavy atom. The van der Waals surface area contributed by atoms with Gasteiger partial charge in [0, 0.05) is 19.6 Å². The van der Waals surface area contributed by atoms with E-state index in [-0.39, 0.29) is 24.9 Å². The first-order chi connectivity index (χ1) is 9.58. The highest BCUT2D eigenvalue weighted by atomic mass is 16.4. The van der Waals surface area contributed by atoms with Gasteiger partial charge >= 0.3 is 12.0 Å². The van der Waals surface area contributed by atoms with Gasteiger partial charge in [0.15, 0.2) is 5.69 Å². The van der Waals surface area contributed by atoms with Crippen molar-refractivity contribution in [1.82, 2.24) is 25.2 Å². The molecule has 2 amide bonds. The lowest BCUT2D eigenvalue weighted by Gasteiger charge is -2.21. The van der Waals surface area contributed by atoms with Crippen molar-refractivity contribution in [3.8, 4) is 0 Å². The number of hydrogen-bond acceptors (Lipinski definition) is 5. The minimum atomic E-state index is -1.14. The molecule has 0 saturated carbocycles. The first-order valence-electron chi connectivity index (χ1n) is 6.35. The highest BCUT2D eigenvalue weighted by Gasteiger charge is 2.12. The van der Waals surface area contributed by atoms with Gasteiger partial charge < -0.3 is 20.4 Å². The van der Waals surface area contributed by atoms with Crippen LogP contribution >= 0.6 is 0 Å². The van der Waals surface area contributed by atoms with Crippen LogP contribution in [0.25, 0.3) is 0 Å². The van der Waals surface area contributed by atoms with E-state index >= 15 is 0 Å². The van der Waals surface area contributed by atoms with E-state index in [1.165, 1.54) is 15.8 Å². The van der Waals surface area contributed by atoms with Crippen LogP contribution in [-0.2, 0) is 6.54 Å². The molecule has 9 nitrogen and oxygen atoms in total. The number of carbonyl (C=O) groups is 2. The third kappa shape index (κ3) is 4.84. The van der Waals surface area contributed by atoms with E-state index in [9.17, 15) is 9.59 Å². The fourth-order valence-electron chi connectivity index (χ4n) is 1.60. The Bertz CT molecular complexity index is 442. The number of hydrogen-bond donors (Lipinski definition) is 3. The molecule has 1 heterocycles. The summed E-state index contributed by atoms with van der Waals surface area (Å²) in [7, 11) is 0. The molecule has 1 aromatic heterocycles. The predicted molar refractivity (Wildman–Crippen MR) is 69.3 cm³/mol. The van der Waals surface area contributed by atoms with Crippen molar-refractivity contribution in [2.45, 2.75) is 19.9 Å². The second-order valence-electron chi connectivity index (χ2n) is 4.11. The van der Waals surface area contributed by atoms with Gasteiger partial charge in [0.05, 0.1) is 19.3 Å². The molecule has 112 valence electrons. The second-order valence-corrected chi connectivity index (χ2v) is 4.11. The summed E-state index contributed by atoms with van der Waals surface area (Å²) < 4.78 is 1.35. The third-order valence-corrected chi connectivity index (χ3v) is 2.53. The average Bonchev–Trinajstić information content (AvgIpc) is 2.87. The third-order valence-electron chi connectivity index (χ3n) is 2.53. The number of carboxylic acids is 1. The number of carbonyl (C=O) groups excluding carboxylic acids is 1. The molecule has 0 fully saturated rings. The van der Waals surface area contributed by atoms with E-state index in [0.717, 1.165) is 6.42 Å². The van der Waals surface area contributed by atoms with Gasteiger partial charge in [0.2, 0.25) is 0 Å². The van der Waals surface area contributed by atoms with Gasteiger partial charge in [-0.1, -0.05) is 12.1 Å². The van der Waals surface area contributed by atoms with Crippen LogP contribution in [0.15, 0.2) is 6.20 Å². The van der Waals surface area contributed by atoms with Crippen molar-refractivity contribution in [2.24, 2.45) is 0 Å². The van der Waals surface area contributed by atoms with Crippen molar-refractivity contribution in [1.29, 1.82) is 0 Å². The largest absolute Gasteiger partial charge is 0.476 e. The molecule has 0 aromatic carbocycles. The van der Waals surface area contributed by atoms with Crippen LogP contribution in [0.2, 0.25) is 0 Å². The molecule has 9 heteroatoms. The topological polar surface area (TPSA) is 121 Å². The molecule has 0 atom stereocenters. The van der Waals surface area contributed by atoms with Crippen molar-refractivity contribution >= 4 is 12.0 Å². The standard InChI is InChI=1S/C11H19N5O4/c1-2-4-15(6-7-17)11(20)12-3-5-16-8-9(10(18)19)13-14-16/h8,17H,2-7H2,1H3,(H,12,20)(H,18,19). The molecule has 0 aliphatic heterocycles. The normalized spacial score (nSPS) is 10.3. The Morgan fingerprint density at radius 1 is 1.45 bits per heavy atom. The van der Waals surface area contributed by atoms with Gasteiger partial charge in [0.25, 0.3) is 0 Å². The Hall–Kier alpha value is -2.16. The van der Waals surface area contributed by atoms with E-state index in [0.29, 0.717) is 19.6 Å². The number of urea groups is 1. The maximum absolute atomic E-state index is 11.8. The maximum atomic E-state index is 11.8. The minimum Gasteiger partial charge on any atom is -0.476 e. The minimum absolute atomic E-state index is 0.0849. The van der Waals surface area contributed by atoms with E-state index in [2.05, 4.69) is 15.6 Å². The number of aromatic carboxylic acids is 1. The number of aliphatic hydroxyl groups excluding tert-OH is 1. The summed E-state index contributed by atoms with van der Waals surface area (Å²) in [5.41, 5.74) is -0.135. The van der Waals surface area contributed by atoms with Gasteiger partial charge in [0.1, 0.15) is 0 Å². The highest BCUT2D eigenvalue weighted by Crippen LogP contribution is 1.94. The van der Waals surface area contributed by atoms with Crippen molar-refractivity contribution < 1.29 is 19.8 Å². The molecule has 0 saturated heterocycles. The number of aromatic nitrogens is 3. The zero-order valence-corrected chi connectivity index (χ0v) is 11.3. The van der Waals surface area contributed by atoms with E-state index in [1.807, 2.05) is 6.92 Å². The van der Waals surface area contributed by atoms with Crippen molar-refractivity contribution in [2.75, 3.05) is 26.2 Å². The molecular weight excluding hydrogens is 266 g/mol. The number of amides is 2. The molecule has 0 bridgehead atoms. The molecule has 0 spiro atoms. The fraction of sp³-hybridized carbons (Fsp3) is 0.636. The van der Waals surface area contributed by atoms with Crippen LogP contribution in [-0.4, -0.2) is 68.3 Å². The van der Waals surface area contributed by atoms with Gasteiger partial charge in [-0.25, -0.2) is 14.3 Å². The van der Waals surface area contributed by atoms with Crippen LogP contribution in [0.5, 0.6) is 0 Å². The zero-order valence-electron chi connectivity index (χ0n) is 11.3.